The van der Waals surface area contributed by atoms with Crippen molar-refractivity contribution in [3.8, 4) is 0 Å². The third kappa shape index (κ3) is 3.16. The second-order valence-corrected chi connectivity index (χ2v) is 6.81. The number of thioether (sulfide) groups is 1. The minimum absolute atomic E-state index is 0.00925. The topological polar surface area (TPSA) is 82.0 Å². The smallest absolute Gasteiger partial charge is 0.283 e. The Morgan fingerprint density at radius 1 is 1.28 bits per heavy atom. The number of aliphatic imine (C=N–C) groups is 1. The number of nitrogens with zero attached hydrogens (tertiary/aromatic N) is 3. The largest absolute Gasteiger partial charge is 0.465 e. The van der Waals surface area contributed by atoms with Crippen molar-refractivity contribution in [1.82, 2.24) is 5.01 Å². The van der Waals surface area contributed by atoms with Gasteiger partial charge in [-0.2, -0.15) is 15.1 Å². The van der Waals surface area contributed by atoms with E-state index in [-0.39, 0.29) is 11.4 Å². The van der Waals surface area contributed by atoms with E-state index in [1.807, 2.05) is 24.3 Å². The minimum atomic E-state index is -0.469. The van der Waals surface area contributed by atoms with Gasteiger partial charge < -0.3 is 4.42 Å². The molecule has 0 aliphatic carbocycles. The van der Waals surface area contributed by atoms with Crippen LogP contribution in [0.25, 0.3) is 6.08 Å². The number of hydrogen-bond donors (Lipinski definition) is 1. The Morgan fingerprint density at radius 3 is 2.80 bits per heavy atom. The molecule has 4 rings (SSSR count). The van der Waals surface area contributed by atoms with Gasteiger partial charge in [-0.25, -0.2) is 0 Å². The van der Waals surface area contributed by atoms with Gasteiger partial charge in [0.25, 0.3) is 5.91 Å². The summed E-state index contributed by atoms with van der Waals surface area (Å²) in [5, 5.41) is 15.9. The van der Waals surface area contributed by atoms with Crippen molar-refractivity contribution < 1.29 is 9.21 Å². The van der Waals surface area contributed by atoms with Gasteiger partial charge in [-0.05, 0) is 47.7 Å². The molecule has 1 aromatic carbocycles. The SMILES string of the molecule is N=C1C(=Cc2ccco2)C(=O)N=C2SC(Cc3ccc(Cl)cc3)=NN12. The molecule has 0 fully saturated rings. The van der Waals surface area contributed by atoms with Crippen molar-refractivity contribution in [3.05, 3.63) is 64.6 Å². The van der Waals surface area contributed by atoms with E-state index >= 15 is 0 Å². The Bertz CT molecular complexity index is 946. The Labute approximate surface area is 152 Å². The van der Waals surface area contributed by atoms with E-state index in [1.54, 1.807) is 12.1 Å². The zero-order valence-corrected chi connectivity index (χ0v) is 14.3. The Morgan fingerprint density at radius 2 is 2.08 bits per heavy atom. The molecule has 2 aromatic rings. The van der Waals surface area contributed by atoms with Crippen LogP contribution in [-0.2, 0) is 11.2 Å². The number of amidine groups is 2. The summed E-state index contributed by atoms with van der Waals surface area (Å²) in [5.41, 5.74) is 1.19. The zero-order valence-electron chi connectivity index (χ0n) is 12.8. The maximum Gasteiger partial charge on any atom is 0.283 e. The van der Waals surface area contributed by atoms with E-state index in [4.69, 9.17) is 21.4 Å². The van der Waals surface area contributed by atoms with Crippen LogP contribution >= 0.6 is 23.4 Å². The van der Waals surface area contributed by atoms with Gasteiger partial charge in [0, 0.05) is 11.4 Å². The summed E-state index contributed by atoms with van der Waals surface area (Å²) in [6.45, 7) is 0. The van der Waals surface area contributed by atoms with Gasteiger partial charge in [0.1, 0.15) is 10.8 Å². The second kappa shape index (κ2) is 6.34. The lowest BCUT2D eigenvalue weighted by Crippen LogP contribution is -2.35. The highest BCUT2D eigenvalue weighted by molar-refractivity contribution is 8.26. The van der Waals surface area contributed by atoms with Crippen LogP contribution in [0.2, 0.25) is 5.02 Å². The van der Waals surface area contributed by atoms with Crippen LogP contribution in [0.5, 0.6) is 0 Å². The van der Waals surface area contributed by atoms with Crippen LogP contribution in [0.3, 0.4) is 0 Å². The minimum Gasteiger partial charge on any atom is -0.465 e. The van der Waals surface area contributed by atoms with Gasteiger partial charge in [-0.1, -0.05) is 23.7 Å². The first-order valence-corrected chi connectivity index (χ1v) is 8.56. The molecule has 1 N–H and O–H groups in total. The molecule has 124 valence electrons. The molecule has 0 atom stereocenters. The number of halogens is 1. The molecule has 8 heteroatoms. The van der Waals surface area contributed by atoms with E-state index in [1.165, 1.54) is 29.1 Å². The molecule has 1 aromatic heterocycles. The summed E-state index contributed by atoms with van der Waals surface area (Å²) in [7, 11) is 0. The lowest BCUT2D eigenvalue weighted by Gasteiger charge is -2.19. The number of amides is 1. The Kier molecular flexibility index (Phi) is 4.03. The Hall–Kier alpha value is -2.64. The van der Waals surface area contributed by atoms with E-state index in [0.29, 0.717) is 22.4 Å². The van der Waals surface area contributed by atoms with Crippen molar-refractivity contribution in [2.45, 2.75) is 6.42 Å². The highest BCUT2D eigenvalue weighted by atomic mass is 35.5. The first-order chi connectivity index (χ1) is 12.1. The van der Waals surface area contributed by atoms with Crippen LogP contribution in [0.1, 0.15) is 11.3 Å². The van der Waals surface area contributed by atoms with Gasteiger partial charge in [0.05, 0.1) is 11.8 Å². The third-order valence-electron chi connectivity index (χ3n) is 3.59. The fourth-order valence-corrected chi connectivity index (χ4v) is 3.44. The molecule has 0 unspecified atom stereocenters. The predicted molar refractivity (Wildman–Crippen MR) is 98.9 cm³/mol. The van der Waals surface area contributed by atoms with Crippen LogP contribution < -0.4 is 0 Å². The molecule has 25 heavy (non-hydrogen) atoms. The van der Waals surface area contributed by atoms with Gasteiger partial charge in [0.15, 0.2) is 5.84 Å². The first kappa shape index (κ1) is 15.9. The number of carbonyl (C=O) groups excluding carboxylic acids is 1. The van der Waals surface area contributed by atoms with Crippen LogP contribution in [0, 0.1) is 5.41 Å². The van der Waals surface area contributed by atoms with Gasteiger partial charge in [0.2, 0.25) is 5.17 Å². The molecule has 0 bridgehead atoms. The molecular weight excluding hydrogens is 360 g/mol. The molecule has 0 spiro atoms. The van der Waals surface area contributed by atoms with Crippen LogP contribution in [-0.4, -0.2) is 27.0 Å². The Balaban J connectivity index is 1.59. The van der Waals surface area contributed by atoms with E-state index in [2.05, 4.69) is 10.1 Å². The summed E-state index contributed by atoms with van der Waals surface area (Å²) in [4.78, 5) is 16.3. The lowest BCUT2D eigenvalue weighted by molar-refractivity contribution is -0.114. The van der Waals surface area contributed by atoms with E-state index in [9.17, 15) is 4.79 Å². The maximum atomic E-state index is 12.2. The molecule has 3 heterocycles. The number of hydrazone groups is 1. The summed E-state index contributed by atoms with van der Waals surface area (Å²) < 4.78 is 5.21. The van der Waals surface area contributed by atoms with Gasteiger partial charge in [-0.15, -0.1) is 0 Å². The van der Waals surface area contributed by atoms with Gasteiger partial charge in [-0.3, -0.25) is 10.2 Å². The molecule has 0 radical (unpaired) electrons. The average Bonchev–Trinajstić information content (AvgIpc) is 3.23. The number of carbonyl (C=O) groups is 1. The molecule has 2 aliphatic rings. The van der Waals surface area contributed by atoms with Gasteiger partial charge >= 0.3 is 0 Å². The number of nitrogens with one attached hydrogen (secondary N) is 1. The quantitative estimate of drug-likeness (QED) is 0.833. The van der Waals surface area contributed by atoms with Crippen molar-refractivity contribution in [1.29, 1.82) is 5.41 Å². The van der Waals surface area contributed by atoms with Crippen LogP contribution in [0.15, 0.2) is 62.7 Å². The van der Waals surface area contributed by atoms with Crippen molar-refractivity contribution in [2.75, 3.05) is 0 Å². The van der Waals surface area contributed by atoms with Crippen LogP contribution in [0.4, 0.5) is 0 Å². The number of rotatable bonds is 3. The summed E-state index contributed by atoms with van der Waals surface area (Å²) in [6, 6.07) is 10.9. The summed E-state index contributed by atoms with van der Waals surface area (Å²) >= 11 is 7.19. The average molecular weight is 371 g/mol. The highest BCUT2D eigenvalue weighted by Gasteiger charge is 2.35. The first-order valence-electron chi connectivity index (χ1n) is 7.37. The van der Waals surface area contributed by atoms with Crippen molar-refractivity contribution in [3.63, 3.8) is 0 Å². The fourth-order valence-electron chi connectivity index (χ4n) is 2.40. The molecule has 1 amide bonds. The monoisotopic (exact) mass is 370 g/mol. The molecular formula is C17H11ClN4O2S. The predicted octanol–water partition coefficient (Wildman–Crippen LogP) is 3.79. The van der Waals surface area contributed by atoms with E-state index < -0.39 is 5.91 Å². The molecule has 2 aliphatic heterocycles. The lowest BCUT2D eigenvalue weighted by atomic mass is 10.1. The standard InChI is InChI=1S/C17H11ClN4O2S/c18-11-5-3-10(4-6-11)8-14-21-22-15(19)13(9-12-2-1-7-24-12)16(23)20-17(22)25-14/h1-7,9,19H,8H2. The summed E-state index contributed by atoms with van der Waals surface area (Å²) in [5.74, 6) is 0.0112. The maximum absolute atomic E-state index is 12.2. The molecule has 0 saturated heterocycles. The number of furan rings is 1. The number of benzene rings is 1. The summed E-state index contributed by atoms with van der Waals surface area (Å²) in [6.07, 6.45) is 3.59. The third-order valence-corrected chi connectivity index (χ3v) is 4.76. The number of fused-ring (bicyclic) bond motifs is 1. The molecule has 6 nitrogen and oxygen atoms in total. The normalized spacial score (nSPS) is 18.4. The van der Waals surface area contributed by atoms with Crippen molar-refractivity contribution in [2.24, 2.45) is 10.1 Å². The fraction of sp³-hybridized carbons (Fsp3) is 0.0588. The highest BCUT2D eigenvalue weighted by Crippen LogP contribution is 2.29. The number of hydrogen-bond acceptors (Lipinski definition) is 5. The molecule has 0 saturated carbocycles. The van der Waals surface area contributed by atoms with E-state index in [0.717, 1.165) is 10.6 Å². The second-order valence-electron chi connectivity index (χ2n) is 5.33. The zero-order chi connectivity index (χ0) is 17.4. The van der Waals surface area contributed by atoms with Crippen molar-refractivity contribution >= 4 is 51.4 Å².